The fourth-order valence-electron chi connectivity index (χ4n) is 1.28. The summed E-state index contributed by atoms with van der Waals surface area (Å²) >= 11 is 0. The lowest BCUT2D eigenvalue weighted by molar-refractivity contribution is 0.0636. The summed E-state index contributed by atoms with van der Waals surface area (Å²) in [4.78, 5) is 11.6. The van der Waals surface area contributed by atoms with E-state index in [0.717, 1.165) is 0 Å². The highest BCUT2D eigenvalue weighted by Crippen LogP contribution is 2.18. The van der Waals surface area contributed by atoms with Crippen LogP contribution in [0.1, 0.15) is 27.7 Å². The molecule has 0 unspecified atom stereocenters. The monoisotopic (exact) mass is 261 g/mol. The highest BCUT2D eigenvalue weighted by molar-refractivity contribution is 5.85. The SMILES string of the molecule is CC#CCOc1cccc(NC(=O)OC(C)(C)C)c1. The molecule has 0 aliphatic carbocycles. The number of anilines is 1. The van der Waals surface area contributed by atoms with Crippen LogP contribution < -0.4 is 10.1 Å². The summed E-state index contributed by atoms with van der Waals surface area (Å²) in [7, 11) is 0. The van der Waals surface area contributed by atoms with Gasteiger partial charge in [0, 0.05) is 11.8 Å². The standard InChI is InChI=1S/C15H19NO3/c1-5-6-10-18-13-9-7-8-12(11-13)16-14(17)19-15(2,3)4/h7-9,11H,10H2,1-4H3,(H,16,17). The predicted molar refractivity (Wildman–Crippen MR) is 75.2 cm³/mol. The summed E-state index contributed by atoms with van der Waals surface area (Å²) in [6.45, 7) is 7.52. The van der Waals surface area contributed by atoms with E-state index in [1.807, 2.05) is 20.8 Å². The van der Waals surface area contributed by atoms with Crippen molar-refractivity contribution < 1.29 is 14.3 Å². The van der Waals surface area contributed by atoms with Gasteiger partial charge >= 0.3 is 6.09 Å². The van der Waals surface area contributed by atoms with Gasteiger partial charge in [0.15, 0.2) is 0 Å². The molecule has 1 aromatic rings. The molecular formula is C15H19NO3. The summed E-state index contributed by atoms with van der Waals surface area (Å²) in [5.74, 6) is 6.20. The smallest absolute Gasteiger partial charge is 0.412 e. The number of carbonyl (C=O) groups excluding carboxylic acids is 1. The normalized spacial score (nSPS) is 10.1. The molecule has 1 N–H and O–H groups in total. The summed E-state index contributed by atoms with van der Waals surface area (Å²) in [5, 5.41) is 2.65. The third-order valence-corrected chi connectivity index (χ3v) is 1.97. The molecule has 0 heterocycles. The Morgan fingerprint density at radius 3 is 2.74 bits per heavy atom. The van der Waals surface area contributed by atoms with Crippen molar-refractivity contribution in [2.24, 2.45) is 0 Å². The largest absolute Gasteiger partial charge is 0.481 e. The van der Waals surface area contributed by atoms with Crippen LogP contribution in [0.25, 0.3) is 0 Å². The maximum absolute atomic E-state index is 11.6. The van der Waals surface area contributed by atoms with Crippen molar-refractivity contribution in [2.45, 2.75) is 33.3 Å². The number of carbonyl (C=O) groups is 1. The van der Waals surface area contributed by atoms with Gasteiger partial charge in [0.2, 0.25) is 0 Å². The Morgan fingerprint density at radius 2 is 2.11 bits per heavy atom. The van der Waals surface area contributed by atoms with E-state index in [4.69, 9.17) is 9.47 Å². The van der Waals surface area contributed by atoms with E-state index in [2.05, 4.69) is 17.2 Å². The van der Waals surface area contributed by atoms with Crippen molar-refractivity contribution in [3.05, 3.63) is 24.3 Å². The number of hydrogen-bond donors (Lipinski definition) is 1. The van der Waals surface area contributed by atoms with E-state index in [1.54, 1.807) is 31.2 Å². The van der Waals surface area contributed by atoms with Gasteiger partial charge in [-0.15, -0.1) is 5.92 Å². The molecule has 0 atom stereocenters. The number of ether oxygens (including phenoxy) is 2. The zero-order valence-corrected chi connectivity index (χ0v) is 11.7. The Hall–Kier alpha value is -2.15. The van der Waals surface area contributed by atoms with Crippen molar-refractivity contribution in [3.8, 4) is 17.6 Å². The van der Waals surface area contributed by atoms with E-state index in [-0.39, 0.29) is 0 Å². The number of hydrogen-bond acceptors (Lipinski definition) is 3. The Labute approximate surface area is 114 Å². The third-order valence-electron chi connectivity index (χ3n) is 1.97. The summed E-state index contributed by atoms with van der Waals surface area (Å²) in [5.41, 5.74) is 0.103. The lowest BCUT2D eigenvalue weighted by Crippen LogP contribution is -2.27. The van der Waals surface area contributed by atoms with Crippen LogP contribution >= 0.6 is 0 Å². The Kier molecular flexibility index (Phi) is 5.25. The molecule has 102 valence electrons. The molecule has 0 aliphatic rings. The van der Waals surface area contributed by atoms with Gasteiger partial charge in [-0.3, -0.25) is 5.32 Å². The fraction of sp³-hybridized carbons (Fsp3) is 0.400. The van der Waals surface area contributed by atoms with Crippen LogP contribution in [-0.4, -0.2) is 18.3 Å². The van der Waals surface area contributed by atoms with E-state index >= 15 is 0 Å². The number of amides is 1. The van der Waals surface area contributed by atoms with Crippen molar-refractivity contribution in [3.63, 3.8) is 0 Å². The van der Waals surface area contributed by atoms with Gasteiger partial charge in [-0.2, -0.15) is 0 Å². The van der Waals surface area contributed by atoms with Crippen LogP contribution in [0.4, 0.5) is 10.5 Å². The highest BCUT2D eigenvalue weighted by Gasteiger charge is 2.16. The summed E-state index contributed by atoms with van der Waals surface area (Å²) in [6.07, 6.45) is -0.488. The maximum Gasteiger partial charge on any atom is 0.412 e. The minimum atomic E-state index is -0.519. The van der Waals surface area contributed by atoms with Crippen LogP contribution in [-0.2, 0) is 4.74 Å². The molecule has 0 aromatic heterocycles. The third kappa shape index (κ3) is 6.37. The molecule has 4 nitrogen and oxygen atoms in total. The molecule has 0 radical (unpaired) electrons. The first-order valence-corrected chi connectivity index (χ1v) is 6.03. The molecule has 0 fully saturated rings. The van der Waals surface area contributed by atoms with Crippen LogP contribution in [0.15, 0.2) is 24.3 Å². The predicted octanol–water partition coefficient (Wildman–Crippen LogP) is 3.44. The molecule has 1 aromatic carbocycles. The quantitative estimate of drug-likeness (QED) is 0.848. The zero-order chi connectivity index (χ0) is 14.3. The molecule has 19 heavy (non-hydrogen) atoms. The minimum Gasteiger partial charge on any atom is -0.481 e. The molecule has 0 aliphatic heterocycles. The van der Waals surface area contributed by atoms with Gasteiger partial charge in [-0.05, 0) is 39.8 Å². The van der Waals surface area contributed by atoms with E-state index in [0.29, 0.717) is 18.0 Å². The van der Waals surface area contributed by atoms with E-state index in [1.165, 1.54) is 0 Å². The molecule has 0 bridgehead atoms. The zero-order valence-electron chi connectivity index (χ0n) is 11.7. The van der Waals surface area contributed by atoms with Crippen molar-refractivity contribution in [1.82, 2.24) is 0 Å². The average molecular weight is 261 g/mol. The molecule has 0 spiro atoms. The first-order chi connectivity index (χ1) is 8.90. The van der Waals surface area contributed by atoms with E-state index in [9.17, 15) is 4.79 Å². The van der Waals surface area contributed by atoms with Crippen molar-refractivity contribution in [1.29, 1.82) is 0 Å². The summed E-state index contributed by atoms with van der Waals surface area (Å²) < 4.78 is 10.6. The first-order valence-electron chi connectivity index (χ1n) is 6.03. The molecule has 4 heteroatoms. The fourth-order valence-corrected chi connectivity index (χ4v) is 1.28. The van der Waals surface area contributed by atoms with Crippen LogP contribution in [0.2, 0.25) is 0 Å². The van der Waals surface area contributed by atoms with Crippen molar-refractivity contribution in [2.75, 3.05) is 11.9 Å². The second-order valence-corrected chi connectivity index (χ2v) is 4.87. The lowest BCUT2D eigenvalue weighted by Gasteiger charge is -2.19. The molecular weight excluding hydrogens is 242 g/mol. The number of nitrogens with one attached hydrogen (secondary N) is 1. The topological polar surface area (TPSA) is 47.6 Å². The average Bonchev–Trinajstić information content (AvgIpc) is 2.27. The van der Waals surface area contributed by atoms with Gasteiger partial charge in [0.05, 0.1) is 0 Å². The second-order valence-electron chi connectivity index (χ2n) is 4.87. The first kappa shape index (κ1) is 14.9. The van der Waals surface area contributed by atoms with Crippen LogP contribution in [0.5, 0.6) is 5.75 Å². The maximum atomic E-state index is 11.6. The minimum absolute atomic E-state index is 0.326. The molecule has 1 amide bonds. The molecule has 1 rings (SSSR count). The van der Waals surface area contributed by atoms with Crippen LogP contribution in [0, 0.1) is 11.8 Å². The Morgan fingerprint density at radius 1 is 1.37 bits per heavy atom. The highest BCUT2D eigenvalue weighted by atomic mass is 16.6. The van der Waals surface area contributed by atoms with Gasteiger partial charge < -0.3 is 9.47 Å². The van der Waals surface area contributed by atoms with Gasteiger partial charge in [0.25, 0.3) is 0 Å². The lowest BCUT2D eigenvalue weighted by atomic mass is 10.2. The molecule has 0 saturated carbocycles. The van der Waals surface area contributed by atoms with E-state index < -0.39 is 11.7 Å². The number of rotatable bonds is 3. The Bertz CT molecular complexity index is 492. The summed E-state index contributed by atoms with van der Waals surface area (Å²) in [6, 6.07) is 7.09. The van der Waals surface area contributed by atoms with Gasteiger partial charge in [-0.25, -0.2) is 4.79 Å². The van der Waals surface area contributed by atoms with Gasteiger partial charge in [-0.1, -0.05) is 12.0 Å². The number of benzene rings is 1. The van der Waals surface area contributed by atoms with Crippen LogP contribution in [0.3, 0.4) is 0 Å². The Balaban J connectivity index is 2.60. The van der Waals surface area contributed by atoms with Crippen molar-refractivity contribution >= 4 is 11.8 Å². The molecule has 0 saturated heterocycles. The van der Waals surface area contributed by atoms with Gasteiger partial charge in [0.1, 0.15) is 18.0 Å². The second kappa shape index (κ2) is 6.69.